The first-order valence-corrected chi connectivity index (χ1v) is 8.35. The molecule has 142 valence electrons. The quantitative estimate of drug-likeness (QED) is 0.564. The van der Waals surface area contributed by atoms with Crippen LogP contribution < -0.4 is 21.8 Å². The number of aromatic nitrogens is 2. The van der Waals surface area contributed by atoms with Gasteiger partial charge < -0.3 is 16.4 Å². The Morgan fingerprint density at radius 3 is 2.64 bits per heavy atom. The fourth-order valence-electron chi connectivity index (χ4n) is 2.63. The van der Waals surface area contributed by atoms with Gasteiger partial charge in [-0.05, 0) is 30.3 Å². The van der Waals surface area contributed by atoms with Gasteiger partial charge in [-0.2, -0.15) is 5.10 Å². The van der Waals surface area contributed by atoms with Gasteiger partial charge in [0.1, 0.15) is 6.54 Å². The van der Waals surface area contributed by atoms with Crippen molar-refractivity contribution in [2.45, 2.75) is 6.54 Å². The van der Waals surface area contributed by atoms with Crippen LogP contribution >= 0.6 is 0 Å². The zero-order chi connectivity index (χ0) is 20.1. The van der Waals surface area contributed by atoms with Gasteiger partial charge in [0, 0.05) is 16.6 Å². The molecule has 4 N–H and O–H groups in total. The highest BCUT2D eigenvalue weighted by atomic mass is 16.2. The van der Waals surface area contributed by atoms with E-state index in [2.05, 4.69) is 15.7 Å². The Balaban J connectivity index is 1.73. The van der Waals surface area contributed by atoms with E-state index < -0.39 is 11.8 Å². The fourth-order valence-corrected chi connectivity index (χ4v) is 2.63. The average Bonchev–Trinajstić information content (AvgIpc) is 2.68. The summed E-state index contributed by atoms with van der Waals surface area (Å²) in [5.41, 5.74) is 6.00. The van der Waals surface area contributed by atoms with Crippen LogP contribution in [0.25, 0.3) is 10.9 Å². The molecule has 0 saturated heterocycles. The van der Waals surface area contributed by atoms with Crippen molar-refractivity contribution < 1.29 is 14.4 Å². The summed E-state index contributed by atoms with van der Waals surface area (Å²) in [5.74, 6) is -1.52. The maximum Gasteiger partial charge on any atom is 0.251 e. The smallest absolute Gasteiger partial charge is 0.251 e. The number of anilines is 1. The normalized spacial score (nSPS) is 10.4. The molecule has 1 heterocycles. The number of hydrogen-bond donors (Lipinski definition) is 3. The molecule has 0 spiro atoms. The molecular weight excluding hydrogens is 362 g/mol. The van der Waals surface area contributed by atoms with Crippen LogP contribution in [0.4, 0.5) is 5.69 Å². The summed E-state index contributed by atoms with van der Waals surface area (Å²) < 4.78 is 1.43. The lowest BCUT2D eigenvalue weighted by molar-refractivity contribution is -0.117. The largest absolute Gasteiger partial charge is 0.368 e. The van der Waals surface area contributed by atoms with Crippen molar-refractivity contribution >= 4 is 34.3 Å². The molecule has 0 atom stereocenters. The van der Waals surface area contributed by atoms with Gasteiger partial charge in [-0.25, -0.2) is 0 Å². The van der Waals surface area contributed by atoms with Crippen LogP contribution in [0.3, 0.4) is 0 Å². The van der Waals surface area contributed by atoms with Gasteiger partial charge in [0.15, 0.2) is 0 Å². The predicted molar refractivity (Wildman–Crippen MR) is 103 cm³/mol. The zero-order valence-electron chi connectivity index (χ0n) is 14.7. The number of nitrogens with zero attached hydrogens (tertiary/aromatic N) is 2. The minimum absolute atomic E-state index is 0.112. The number of rotatable bonds is 6. The number of carbonyl (C=O) groups is 3. The van der Waals surface area contributed by atoms with Crippen LogP contribution in [0, 0.1) is 0 Å². The average molecular weight is 379 g/mol. The summed E-state index contributed by atoms with van der Waals surface area (Å²) in [6.07, 6.45) is 1.17. The summed E-state index contributed by atoms with van der Waals surface area (Å²) in [5, 5.41) is 9.54. The van der Waals surface area contributed by atoms with E-state index in [0.29, 0.717) is 16.6 Å². The fraction of sp³-hybridized carbons (Fsp3) is 0.105. The SMILES string of the molecule is NC(=O)CNC(=O)c1cccc(NC(=O)Cn2ncc(=O)c3ccccc32)c1. The summed E-state index contributed by atoms with van der Waals surface area (Å²) in [6, 6.07) is 13.1. The number of primary amides is 1. The lowest BCUT2D eigenvalue weighted by Crippen LogP contribution is -2.33. The Morgan fingerprint density at radius 2 is 1.86 bits per heavy atom. The predicted octanol–water partition coefficient (Wildman–Crippen LogP) is 0.250. The molecule has 9 nitrogen and oxygen atoms in total. The molecule has 0 fully saturated rings. The Kier molecular flexibility index (Phi) is 5.45. The Bertz CT molecular complexity index is 1120. The van der Waals surface area contributed by atoms with E-state index in [9.17, 15) is 19.2 Å². The van der Waals surface area contributed by atoms with Crippen molar-refractivity contribution in [3.63, 3.8) is 0 Å². The molecule has 3 rings (SSSR count). The van der Waals surface area contributed by atoms with Gasteiger partial charge >= 0.3 is 0 Å². The third-order valence-electron chi connectivity index (χ3n) is 3.89. The first-order valence-electron chi connectivity index (χ1n) is 8.35. The summed E-state index contributed by atoms with van der Waals surface area (Å²) in [4.78, 5) is 47.0. The number of para-hydroxylation sites is 1. The van der Waals surface area contributed by atoms with Crippen LogP contribution in [0.5, 0.6) is 0 Å². The first-order chi connectivity index (χ1) is 13.4. The highest BCUT2D eigenvalue weighted by molar-refractivity contribution is 5.98. The number of amides is 3. The van der Waals surface area contributed by atoms with E-state index >= 15 is 0 Å². The van der Waals surface area contributed by atoms with E-state index in [0.717, 1.165) is 0 Å². The van der Waals surface area contributed by atoms with Crippen LogP contribution in [-0.4, -0.2) is 34.0 Å². The maximum absolute atomic E-state index is 12.4. The Hall–Kier alpha value is -4.01. The summed E-state index contributed by atoms with van der Waals surface area (Å²) in [7, 11) is 0. The van der Waals surface area contributed by atoms with Crippen molar-refractivity contribution in [3.8, 4) is 0 Å². The molecule has 0 bridgehead atoms. The molecule has 28 heavy (non-hydrogen) atoms. The van der Waals surface area contributed by atoms with E-state index in [4.69, 9.17) is 5.73 Å². The van der Waals surface area contributed by atoms with E-state index in [1.54, 1.807) is 42.5 Å². The monoisotopic (exact) mass is 379 g/mol. The minimum atomic E-state index is -0.654. The summed E-state index contributed by atoms with van der Waals surface area (Å²) >= 11 is 0. The van der Waals surface area contributed by atoms with Crippen LogP contribution in [0.2, 0.25) is 0 Å². The molecule has 9 heteroatoms. The van der Waals surface area contributed by atoms with Gasteiger partial charge in [-0.3, -0.25) is 23.9 Å². The first kappa shape index (κ1) is 18.8. The van der Waals surface area contributed by atoms with E-state index in [1.807, 2.05) is 0 Å². The number of hydrogen-bond acceptors (Lipinski definition) is 5. The van der Waals surface area contributed by atoms with E-state index in [1.165, 1.54) is 16.9 Å². The number of nitrogens with one attached hydrogen (secondary N) is 2. The van der Waals surface area contributed by atoms with Gasteiger partial charge in [0.25, 0.3) is 5.91 Å². The Labute approximate surface area is 159 Å². The van der Waals surface area contributed by atoms with Crippen molar-refractivity contribution in [2.24, 2.45) is 5.73 Å². The molecule has 0 aliphatic rings. The minimum Gasteiger partial charge on any atom is -0.368 e. The van der Waals surface area contributed by atoms with E-state index in [-0.39, 0.29) is 30.0 Å². The third-order valence-corrected chi connectivity index (χ3v) is 3.89. The molecule has 1 aromatic heterocycles. The molecule has 0 radical (unpaired) electrons. The maximum atomic E-state index is 12.4. The van der Waals surface area contributed by atoms with Gasteiger partial charge in [0.2, 0.25) is 17.2 Å². The highest BCUT2D eigenvalue weighted by Gasteiger charge is 2.11. The van der Waals surface area contributed by atoms with Crippen molar-refractivity contribution in [3.05, 3.63) is 70.5 Å². The highest BCUT2D eigenvalue weighted by Crippen LogP contribution is 2.12. The van der Waals surface area contributed by atoms with Crippen LogP contribution in [0.1, 0.15) is 10.4 Å². The van der Waals surface area contributed by atoms with Gasteiger partial charge in [-0.1, -0.05) is 18.2 Å². The molecule has 3 amide bonds. The molecule has 0 aliphatic carbocycles. The molecular formula is C19H17N5O4. The van der Waals surface area contributed by atoms with Gasteiger partial charge in [0.05, 0.1) is 18.3 Å². The standard InChI is InChI=1S/C19H17N5O4/c20-17(26)10-21-19(28)12-4-3-5-13(8-12)23-18(27)11-24-15-7-2-1-6-14(15)16(25)9-22-24/h1-9H,10-11H2,(H2,20,26)(H,21,28)(H,23,27). The topological polar surface area (TPSA) is 136 Å². The number of fused-ring (bicyclic) bond motifs is 1. The number of benzene rings is 2. The number of carbonyl (C=O) groups excluding carboxylic acids is 3. The number of nitrogens with two attached hydrogens (primary N) is 1. The Morgan fingerprint density at radius 1 is 1.07 bits per heavy atom. The van der Waals surface area contributed by atoms with Crippen molar-refractivity contribution in [1.29, 1.82) is 0 Å². The second kappa shape index (κ2) is 8.12. The van der Waals surface area contributed by atoms with Crippen LogP contribution in [0.15, 0.2) is 59.5 Å². The lowest BCUT2D eigenvalue weighted by Gasteiger charge is -2.10. The third kappa shape index (κ3) is 4.39. The second-order valence-electron chi connectivity index (χ2n) is 5.96. The van der Waals surface area contributed by atoms with Gasteiger partial charge in [-0.15, -0.1) is 0 Å². The van der Waals surface area contributed by atoms with Crippen molar-refractivity contribution in [2.75, 3.05) is 11.9 Å². The van der Waals surface area contributed by atoms with Crippen LogP contribution in [-0.2, 0) is 16.1 Å². The lowest BCUT2D eigenvalue weighted by atomic mass is 10.2. The molecule has 2 aromatic carbocycles. The second-order valence-corrected chi connectivity index (χ2v) is 5.96. The van der Waals surface area contributed by atoms with Crippen molar-refractivity contribution in [1.82, 2.24) is 15.1 Å². The molecule has 0 aliphatic heterocycles. The molecule has 3 aromatic rings. The molecule has 0 unspecified atom stereocenters. The molecule has 0 saturated carbocycles. The summed E-state index contributed by atoms with van der Waals surface area (Å²) in [6.45, 7) is -0.389. The zero-order valence-corrected chi connectivity index (χ0v) is 14.7.